The van der Waals surface area contributed by atoms with Crippen LogP contribution in [0.15, 0.2) is 15.9 Å². The lowest BCUT2D eigenvalue weighted by atomic mass is 9.84. The highest BCUT2D eigenvalue weighted by Crippen LogP contribution is 2.27. The first kappa shape index (κ1) is 14.2. The van der Waals surface area contributed by atoms with Crippen LogP contribution in [-0.4, -0.2) is 12.6 Å². The van der Waals surface area contributed by atoms with E-state index in [2.05, 4.69) is 60.4 Å². The van der Waals surface area contributed by atoms with Gasteiger partial charge in [-0.05, 0) is 46.8 Å². The highest BCUT2D eigenvalue weighted by molar-refractivity contribution is 9.10. The minimum Gasteiger partial charge on any atom is -0.313 e. The lowest BCUT2D eigenvalue weighted by molar-refractivity contribution is 0.268. The van der Waals surface area contributed by atoms with Crippen molar-refractivity contribution in [1.29, 1.82) is 0 Å². The molecule has 16 heavy (non-hydrogen) atoms. The summed E-state index contributed by atoms with van der Waals surface area (Å²) >= 11 is 5.36. The molecule has 1 unspecified atom stereocenters. The van der Waals surface area contributed by atoms with Crippen molar-refractivity contribution >= 4 is 27.3 Å². The van der Waals surface area contributed by atoms with E-state index in [1.807, 2.05) is 11.3 Å². The fraction of sp³-hybridized carbons (Fsp3) is 0.692. The molecule has 1 rings (SSSR count). The zero-order valence-electron chi connectivity index (χ0n) is 10.6. The number of hydrogen-bond acceptors (Lipinski definition) is 2. The molecule has 0 amide bonds. The molecule has 0 aliphatic heterocycles. The number of halogens is 1. The summed E-state index contributed by atoms with van der Waals surface area (Å²) in [6.07, 6.45) is 2.32. The van der Waals surface area contributed by atoms with Gasteiger partial charge in [-0.25, -0.2) is 0 Å². The summed E-state index contributed by atoms with van der Waals surface area (Å²) in [7, 11) is 0. The van der Waals surface area contributed by atoms with Crippen LogP contribution in [0, 0.1) is 5.41 Å². The van der Waals surface area contributed by atoms with Crippen LogP contribution in [0.3, 0.4) is 0 Å². The average molecular weight is 304 g/mol. The van der Waals surface area contributed by atoms with Crippen molar-refractivity contribution in [2.45, 2.75) is 46.6 Å². The Morgan fingerprint density at radius 1 is 1.44 bits per heavy atom. The fourth-order valence-corrected chi connectivity index (χ4v) is 3.16. The largest absolute Gasteiger partial charge is 0.313 e. The van der Waals surface area contributed by atoms with Gasteiger partial charge in [0, 0.05) is 20.8 Å². The molecular formula is C13H22BrNS. The van der Waals surface area contributed by atoms with E-state index in [-0.39, 0.29) is 0 Å². The molecule has 0 saturated heterocycles. The molecule has 1 aromatic heterocycles. The van der Waals surface area contributed by atoms with Crippen LogP contribution in [-0.2, 0) is 6.42 Å². The summed E-state index contributed by atoms with van der Waals surface area (Å²) in [5.41, 5.74) is 0.311. The normalized spacial score (nSPS) is 14.1. The molecule has 0 saturated carbocycles. The van der Waals surface area contributed by atoms with Gasteiger partial charge in [0.05, 0.1) is 0 Å². The third-order valence-corrected chi connectivity index (χ3v) is 4.43. The van der Waals surface area contributed by atoms with E-state index >= 15 is 0 Å². The third kappa shape index (κ3) is 4.56. The number of nitrogens with one attached hydrogen (secondary N) is 1. The van der Waals surface area contributed by atoms with Gasteiger partial charge in [-0.2, -0.15) is 0 Å². The molecule has 92 valence electrons. The van der Waals surface area contributed by atoms with Gasteiger partial charge in [-0.15, -0.1) is 11.3 Å². The van der Waals surface area contributed by atoms with Gasteiger partial charge in [0.15, 0.2) is 0 Å². The van der Waals surface area contributed by atoms with E-state index in [4.69, 9.17) is 0 Å². The predicted molar refractivity (Wildman–Crippen MR) is 77.3 cm³/mol. The van der Waals surface area contributed by atoms with Crippen molar-refractivity contribution < 1.29 is 0 Å². The van der Waals surface area contributed by atoms with Crippen molar-refractivity contribution in [3.05, 3.63) is 20.8 Å². The van der Waals surface area contributed by atoms with Crippen LogP contribution in [0.2, 0.25) is 0 Å². The zero-order chi connectivity index (χ0) is 12.2. The van der Waals surface area contributed by atoms with Gasteiger partial charge in [0.1, 0.15) is 0 Å². The van der Waals surface area contributed by atoms with Gasteiger partial charge in [0.2, 0.25) is 0 Å². The van der Waals surface area contributed by atoms with Crippen LogP contribution in [0.25, 0.3) is 0 Å². The highest BCUT2D eigenvalue weighted by Gasteiger charge is 2.24. The van der Waals surface area contributed by atoms with Crippen molar-refractivity contribution in [2.75, 3.05) is 6.54 Å². The van der Waals surface area contributed by atoms with Crippen molar-refractivity contribution in [3.8, 4) is 0 Å². The minimum atomic E-state index is 0.311. The molecule has 0 aliphatic rings. The minimum absolute atomic E-state index is 0.311. The molecule has 0 spiro atoms. The first-order chi connectivity index (χ1) is 7.43. The van der Waals surface area contributed by atoms with Gasteiger partial charge >= 0.3 is 0 Å². The Labute approximate surface area is 112 Å². The Bertz CT molecular complexity index is 314. The second kappa shape index (κ2) is 6.18. The standard InChI is InChI=1S/C13H22BrNS/c1-5-6-15-12(13(2,3)4)8-11-7-10(14)9-16-11/h7,9,12,15H,5-6,8H2,1-4H3. The van der Waals surface area contributed by atoms with E-state index in [0.29, 0.717) is 11.5 Å². The SMILES string of the molecule is CCCNC(Cc1cc(Br)cs1)C(C)(C)C. The maximum atomic E-state index is 3.66. The van der Waals surface area contributed by atoms with Crippen LogP contribution in [0.4, 0.5) is 0 Å². The lowest BCUT2D eigenvalue weighted by Crippen LogP contribution is -2.42. The second-order valence-corrected chi connectivity index (χ2v) is 7.22. The number of hydrogen-bond donors (Lipinski definition) is 1. The maximum absolute atomic E-state index is 3.66. The monoisotopic (exact) mass is 303 g/mol. The first-order valence-electron chi connectivity index (χ1n) is 5.89. The molecule has 0 radical (unpaired) electrons. The molecule has 0 fully saturated rings. The van der Waals surface area contributed by atoms with E-state index < -0.39 is 0 Å². The molecule has 0 aromatic carbocycles. The smallest absolute Gasteiger partial charge is 0.0285 e. The molecule has 1 aromatic rings. The average Bonchev–Trinajstić information content (AvgIpc) is 2.57. The van der Waals surface area contributed by atoms with Crippen LogP contribution >= 0.6 is 27.3 Å². The molecule has 0 aliphatic carbocycles. The summed E-state index contributed by atoms with van der Waals surface area (Å²) in [6.45, 7) is 10.2. The Kier molecular flexibility index (Phi) is 5.48. The number of thiophene rings is 1. The van der Waals surface area contributed by atoms with Crippen LogP contribution in [0.1, 0.15) is 39.0 Å². The summed E-state index contributed by atoms with van der Waals surface area (Å²) in [5, 5.41) is 5.82. The zero-order valence-corrected chi connectivity index (χ0v) is 13.0. The summed E-state index contributed by atoms with van der Waals surface area (Å²) in [6, 6.07) is 2.79. The highest BCUT2D eigenvalue weighted by atomic mass is 79.9. The predicted octanol–water partition coefficient (Wildman–Crippen LogP) is 4.47. The van der Waals surface area contributed by atoms with E-state index in [9.17, 15) is 0 Å². The quantitative estimate of drug-likeness (QED) is 0.846. The summed E-state index contributed by atoms with van der Waals surface area (Å²) < 4.78 is 1.20. The molecule has 1 heterocycles. The Morgan fingerprint density at radius 2 is 2.12 bits per heavy atom. The van der Waals surface area contributed by atoms with E-state index in [1.54, 1.807) is 0 Å². The Morgan fingerprint density at radius 3 is 2.56 bits per heavy atom. The topological polar surface area (TPSA) is 12.0 Å². The maximum Gasteiger partial charge on any atom is 0.0285 e. The van der Waals surface area contributed by atoms with Crippen molar-refractivity contribution in [2.24, 2.45) is 5.41 Å². The van der Waals surface area contributed by atoms with Crippen molar-refractivity contribution in [3.63, 3.8) is 0 Å². The summed E-state index contributed by atoms with van der Waals surface area (Å²) in [4.78, 5) is 1.45. The van der Waals surface area contributed by atoms with E-state index in [1.165, 1.54) is 15.8 Å². The van der Waals surface area contributed by atoms with Crippen LogP contribution in [0.5, 0.6) is 0 Å². The lowest BCUT2D eigenvalue weighted by Gasteiger charge is -2.31. The summed E-state index contributed by atoms with van der Waals surface area (Å²) in [5.74, 6) is 0. The van der Waals surface area contributed by atoms with Crippen molar-refractivity contribution in [1.82, 2.24) is 5.32 Å². The van der Waals surface area contributed by atoms with Gasteiger partial charge in [0.25, 0.3) is 0 Å². The molecular weight excluding hydrogens is 282 g/mol. The third-order valence-electron chi connectivity index (χ3n) is 2.71. The van der Waals surface area contributed by atoms with Gasteiger partial charge in [-0.3, -0.25) is 0 Å². The molecule has 1 N–H and O–H groups in total. The molecule has 3 heteroatoms. The van der Waals surface area contributed by atoms with Crippen LogP contribution < -0.4 is 5.32 Å². The fourth-order valence-electron chi connectivity index (χ4n) is 1.67. The van der Waals surface area contributed by atoms with Gasteiger partial charge < -0.3 is 5.32 Å². The molecule has 1 nitrogen and oxygen atoms in total. The molecule has 0 bridgehead atoms. The van der Waals surface area contributed by atoms with Gasteiger partial charge in [-0.1, -0.05) is 27.7 Å². The molecule has 1 atom stereocenters. The second-order valence-electron chi connectivity index (χ2n) is 5.31. The Balaban J connectivity index is 2.63. The number of rotatable bonds is 5. The van der Waals surface area contributed by atoms with E-state index in [0.717, 1.165) is 13.0 Å². The Hall–Kier alpha value is 0.140. The first-order valence-corrected chi connectivity index (χ1v) is 7.57.